The van der Waals surface area contributed by atoms with Gasteiger partial charge in [-0.1, -0.05) is 6.92 Å². The van der Waals surface area contributed by atoms with E-state index in [1.54, 1.807) is 22.8 Å². The van der Waals surface area contributed by atoms with Crippen LogP contribution >= 0.6 is 0 Å². The van der Waals surface area contributed by atoms with Gasteiger partial charge in [0.2, 0.25) is 5.91 Å². The number of aromatic nitrogens is 2. The minimum atomic E-state index is -0.305. The standard InChI is InChI=1S/C16H23N3O3/c1-10-6-11(10)9-22-16(21)13-4-5-14(20)19(3)15(13)12-7-17-18(2)8-12/h7-8,10-11,13,15H,4-6,9H2,1-3H3/t10-,11-,13-,15-/m1/s1. The van der Waals surface area contributed by atoms with Gasteiger partial charge in [0.1, 0.15) is 0 Å². The molecule has 0 aromatic carbocycles. The van der Waals surface area contributed by atoms with Crippen LogP contribution < -0.4 is 0 Å². The second-order valence-corrected chi connectivity index (χ2v) is 6.65. The molecule has 6 nitrogen and oxygen atoms in total. The van der Waals surface area contributed by atoms with Gasteiger partial charge in [-0.3, -0.25) is 14.3 Å². The van der Waals surface area contributed by atoms with Crippen LogP contribution in [0.1, 0.15) is 37.8 Å². The SMILES string of the molecule is C[C@@H]1C[C@@H]1COC(=O)[C@@H]1CCC(=O)N(C)[C@@H]1c1cnn(C)c1. The lowest BCUT2D eigenvalue weighted by Gasteiger charge is -2.37. The van der Waals surface area contributed by atoms with Crippen LogP contribution in [-0.4, -0.2) is 40.2 Å². The second kappa shape index (κ2) is 5.74. The molecule has 6 heteroatoms. The molecule has 22 heavy (non-hydrogen) atoms. The maximum absolute atomic E-state index is 12.5. The topological polar surface area (TPSA) is 64.4 Å². The molecule has 1 aromatic rings. The number of carbonyl (C=O) groups is 2. The van der Waals surface area contributed by atoms with E-state index in [-0.39, 0.29) is 23.8 Å². The Morgan fingerprint density at radius 1 is 1.45 bits per heavy atom. The maximum Gasteiger partial charge on any atom is 0.311 e. The third-order valence-electron chi connectivity index (χ3n) is 4.95. The molecular formula is C16H23N3O3. The quantitative estimate of drug-likeness (QED) is 0.791. The molecule has 1 saturated carbocycles. The summed E-state index contributed by atoms with van der Waals surface area (Å²) in [4.78, 5) is 26.2. The number of esters is 1. The summed E-state index contributed by atoms with van der Waals surface area (Å²) < 4.78 is 7.20. The average molecular weight is 305 g/mol. The molecule has 0 N–H and O–H groups in total. The molecule has 0 bridgehead atoms. The summed E-state index contributed by atoms with van der Waals surface area (Å²) in [5.74, 6) is 0.753. The highest BCUT2D eigenvalue weighted by Gasteiger charge is 2.41. The summed E-state index contributed by atoms with van der Waals surface area (Å²) in [5.41, 5.74) is 0.889. The fourth-order valence-corrected chi connectivity index (χ4v) is 3.26. The van der Waals surface area contributed by atoms with Gasteiger partial charge in [0.05, 0.1) is 24.8 Å². The Labute approximate surface area is 130 Å². The second-order valence-electron chi connectivity index (χ2n) is 6.65. The number of carbonyl (C=O) groups excluding carboxylic acids is 2. The first-order valence-electron chi connectivity index (χ1n) is 7.88. The van der Waals surface area contributed by atoms with Crippen LogP contribution in [0.3, 0.4) is 0 Å². The Morgan fingerprint density at radius 2 is 2.18 bits per heavy atom. The molecule has 1 aliphatic carbocycles. The van der Waals surface area contributed by atoms with Gasteiger partial charge >= 0.3 is 5.97 Å². The number of piperidine rings is 1. The van der Waals surface area contributed by atoms with Crippen molar-refractivity contribution in [3.8, 4) is 0 Å². The van der Waals surface area contributed by atoms with Crippen LogP contribution in [0.4, 0.5) is 0 Å². The molecule has 3 rings (SSSR count). The molecule has 4 atom stereocenters. The zero-order valence-electron chi connectivity index (χ0n) is 13.4. The average Bonchev–Trinajstić information content (AvgIpc) is 3.02. The van der Waals surface area contributed by atoms with Gasteiger partial charge in [-0.05, 0) is 24.7 Å². The number of amides is 1. The molecule has 0 unspecified atom stereocenters. The molecule has 1 saturated heterocycles. The van der Waals surface area contributed by atoms with Crippen LogP contribution in [0.15, 0.2) is 12.4 Å². The van der Waals surface area contributed by atoms with E-state index < -0.39 is 0 Å². The van der Waals surface area contributed by atoms with Crippen molar-refractivity contribution in [3.05, 3.63) is 18.0 Å². The zero-order chi connectivity index (χ0) is 15.9. The number of likely N-dealkylation sites (tertiary alicyclic amines) is 1. The van der Waals surface area contributed by atoms with E-state index in [1.165, 1.54) is 0 Å². The largest absolute Gasteiger partial charge is 0.465 e. The Bertz CT molecular complexity index is 583. The van der Waals surface area contributed by atoms with Crippen LogP contribution in [0, 0.1) is 17.8 Å². The van der Waals surface area contributed by atoms with E-state index in [1.807, 2.05) is 13.2 Å². The minimum Gasteiger partial charge on any atom is -0.465 e. The van der Waals surface area contributed by atoms with Crippen LogP contribution in [0.5, 0.6) is 0 Å². The molecule has 1 aliphatic heterocycles. The van der Waals surface area contributed by atoms with Crippen molar-refractivity contribution in [1.82, 2.24) is 14.7 Å². The summed E-state index contributed by atoms with van der Waals surface area (Å²) in [6, 6.07) is -0.279. The summed E-state index contributed by atoms with van der Waals surface area (Å²) in [7, 11) is 3.58. The predicted octanol–water partition coefficient (Wildman–Crippen LogP) is 1.53. The number of hydrogen-bond acceptors (Lipinski definition) is 4. The highest BCUT2D eigenvalue weighted by molar-refractivity contribution is 5.82. The molecule has 2 aliphatic rings. The van der Waals surface area contributed by atoms with E-state index in [4.69, 9.17) is 4.74 Å². The molecule has 120 valence electrons. The lowest BCUT2D eigenvalue weighted by atomic mass is 9.86. The summed E-state index contributed by atoms with van der Waals surface area (Å²) in [5, 5.41) is 4.17. The predicted molar refractivity (Wildman–Crippen MR) is 79.7 cm³/mol. The lowest BCUT2D eigenvalue weighted by Crippen LogP contribution is -2.43. The summed E-state index contributed by atoms with van der Waals surface area (Å²) in [6.45, 7) is 2.68. The Kier molecular flexibility index (Phi) is 3.93. The van der Waals surface area contributed by atoms with Crippen molar-refractivity contribution in [3.63, 3.8) is 0 Å². The smallest absolute Gasteiger partial charge is 0.311 e. The molecular weight excluding hydrogens is 282 g/mol. The number of nitrogens with zero attached hydrogens (tertiary/aromatic N) is 3. The van der Waals surface area contributed by atoms with Crippen molar-refractivity contribution in [2.24, 2.45) is 24.8 Å². The summed E-state index contributed by atoms with van der Waals surface area (Å²) >= 11 is 0. The Morgan fingerprint density at radius 3 is 2.77 bits per heavy atom. The van der Waals surface area contributed by atoms with E-state index in [0.29, 0.717) is 31.3 Å². The first kappa shape index (κ1) is 15.1. The van der Waals surface area contributed by atoms with Gasteiger partial charge in [0, 0.05) is 32.3 Å². The van der Waals surface area contributed by atoms with E-state index in [2.05, 4.69) is 12.0 Å². The van der Waals surface area contributed by atoms with Crippen LogP contribution in [0.2, 0.25) is 0 Å². The highest BCUT2D eigenvalue weighted by Crippen LogP contribution is 2.39. The van der Waals surface area contributed by atoms with Crippen molar-refractivity contribution in [2.45, 2.75) is 32.2 Å². The fourth-order valence-electron chi connectivity index (χ4n) is 3.26. The fraction of sp³-hybridized carbons (Fsp3) is 0.688. The number of hydrogen-bond donors (Lipinski definition) is 0. The molecule has 2 fully saturated rings. The molecule has 1 amide bonds. The highest BCUT2D eigenvalue weighted by atomic mass is 16.5. The van der Waals surface area contributed by atoms with Crippen molar-refractivity contribution >= 4 is 11.9 Å². The first-order valence-corrected chi connectivity index (χ1v) is 7.88. The molecule has 1 aromatic heterocycles. The zero-order valence-corrected chi connectivity index (χ0v) is 13.4. The monoisotopic (exact) mass is 305 g/mol. The molecule has 2 heterocycles. The third-order valence-corrected chi connectivity index (χ3v) is 4.95. The lowest BCUT2D eigenvalue weighted by molar-refractivity contribution is -0.156. The number of rotatable bonds is 4. The molecule has 0 radical (unpaired) electrons. The van der Waals surface area contributed by atoms with Crippen molar-refractivity contribution < 1.29 is 14.3 Å². The van der Waals surface area contributed by atoms with Gasteiger partial charge in [-0.25, -0.2) is 0 Å². The summed E-state index contributed by atoms with van der Waals surface area (Å²) in [6.07, 6.45) is 5.67. The van der Waals surface area contributed by atoms with E-state index in [0.717, 1.165) is 12.0 Å². The first-order chi connectivity index (χ1) is 10.5. The Balaban J connectivity index is 1.74. The van der Waals surface area contributed by atoms with Gasteiger partial charge in [0.15, 0.2) is 0 Å². The van der Waals surface area contributed by atoms with Gasteiger partial charge < -0.3 is 9.64 Å². The Hall–Kier alpha value is -1.85. The third kappa shape index (κ3) is 2.87. The van der Waals surface area contributed by atoms with Crippen molar-refractivity contribution in [2.75, 3.05) is 13.7 Å². The van der Waals surface area contributed by atoms with Gasteiger partial charge in [0.25, 0.3) is 0 Å². The van der Waals surface area contributed by atoms with Crippen molar-refractivity contribution in [1.29, 1.82) is 0 Å². The number of ether oxygens (including phenoxy) is 1. The maximum atomic E-state index is 12.5. The van der Waals surface area contributed by atoms with E-state index in [9.17, 15) is 9.59 Å². The van der Waals surface area contributed by atoms with Gasteiger partial charge in [-0.15, -0.1) is 0 Å². The van der Waals surface area contributed by atoms with Crippen LogP contribution in [0.25, 0.3) is 0 Å². The van der Waals surface area contributed by atoms with Gasteiger partial charge in [-0.2, -0.15) is 5.10 Å². The van der Waals surface area contributed by atoms with E-state index >= 15 is 0 Å². The number of aryl methyl sites for hydroxylation is 1. The minimum absolute atomic E-state index is 0.0636. The molecule has 0 spiro atoms. The normalized spacial score (nSPS) is 31.2. The van der Waals surface area contributed by atoms with Crippen LogP contribution in [-0.2, 0) is 21.4 Å².